The molecule has 23 nitrogen and oxygen atoms in total. The molecule has 320 valence electrons. The number of phosphoric acid groups is 1. The highest BCUT2D eigenvalue weighted by Gasteiger charge is 2.52. The minimum atomic E-state index is -4.94. The first-order valence-electron chi connectivity index (χ1n) is 18.1. The summed E-state index contributed by atoms with van der Waals surface area (Å²) in [6.07, 6.45) is -4.38. The van der Waals surface area contributed by atoms with Crippen LogP contribution in [0.5, 0.6) is 0 Å². The summed E-state index contributed by atoms with van der Waals surface area (Å²) in [5.41, 5.74) is 10.9. The van der Waals surface area contributed by atoms with Gasteiger partial charge >= 0.3 is 27.4 Å². The first kappa shape index (κ1) is 42.6. The van der Waals surface area contributed by atoms with Gasteiger partial charge in [-0.2, -0.15) is 0 Å². The third-order valence-corrected chi connectivity index (χ3v) is 12.1. The van der Waals surface area contributed by atoms with E-state index in [4.69, 9.17) is 53.0 Å². The van der Waals surface area contributed by atoms with Crippen molar-refractivity contribution >= 4 is 61.3 Å². The number of halogens is 1. The third kappa shape index (κ3) is 9.01. The molecule has 9 atom stereocenters. The van der Waals surface area contributed by atoms with E-state index < -0.39 is 101 Å². The smallest absolute Gasteiger partial charge is 0.438 e. The van der Waals surface area contributed by atoms with Gasteiger partial charge in [0.1, 0.15) is 54.3 Å². The molecule has 7 rings (SSSR count). The van der Waals surface area contributed by atoms with Gasteiger partial charge in [0, 0.05) is 12.2 Å². The van der Waals surface area contributed by atoms with Crippen molar-refractivity contribution in [3.8, 4) is 0 Å². The molecule has 2 fully saturated rings. The van der Waals surface area contributed by atoms with Crippen molar-refractivity contribution in [2.75, 3.05) is 31.7 Å². The molecule has 0 saturated carbocycles. The summed E-state index contributed by atoms with van der Waals surface area (Å²) >= 11 is 0. The zero-order chi connectivity index (χ0) is 42.5. The molecular formula is C33H43FN10O13P2. The molecule has 0 aromatic carbocycles. The Morgan fingerprint density at radius 3 is 2.00 bits per heavy atom. The van der Waals surface area contributed by atoms with Gasteiger partial charge in [-0.05, 0) is 47.6 Å². The molecule has 26 heteroatoms. The van der Waals surface area contributed by atoms with Gasteiger partial charge in [-0.1, -0.05) is 0 Å². The molecule has 4 aromatic rings. The molecule has 4 aromatic heterocycles. The summed E-state index contributed by atoms with van der Waals surface area (Å²) in [7, 11) is -9.45. The molecule has 59 heavy (non-hydrogen) atoms. The number of fused-ring (bicyclic) bond motifs is 4. The zero-order valence-corrected chi connectivity index (χ0v) is 34.4. The highest BCUT2D eigenvalue weighted by atomic mass is 31.2. The van der Waals surface area contributed by atoms with Gasteiger partial charge in [-0.25, -0.2) is 43.4 Å². The Bertz CT molecular complexity index is 2350. The fourth-order valence-electron chi connectivity index (χ4n) is 6.05. The highest BCUT2D eigenvalue weighted by Crippen LogP contribution is 2.58. The summed E-state index contributed by atoms with van der Waals surface area (Å²) in [5, 5.41) is 0. The number of nitrogen functional groups attached to an aromatic ring is 2. The number of hydrogen-bond donors (Lipinski definition) is 2. The molecular weight excluding hydrogens is 825 g/mol. The van der Waals surface area contributed by atoms with Gasteiger partial charge in [0.15, 0.2) is 35.3 Å². The number of ether oxygens (including phenoxy) is 4. The van der Waals surface area contributed by atoms with Crippen LogP contribution in [0.2, 0.25) is 0 Å². The van der Waals surface area contributed by atoms with Crippen LogP contribution in [-0.2, 0) is 60.3 Å². The quantitative estimate of drug-likeness (QED) is 0.143. The molecule has 7 heterocycles. The van der Waals surface area contributed by atoms with Crippen molar-refractivity contribution in [2.24, 2.45) is 10.8 Å². The molecule has 2 saturated heterocycles. The molecule has 0 spiro atoms. The molecule has 4 N–H and O–H groups in total. The summed E-state index contributed by atoms with van der Waals surface area (Å²) in [4.78, 5) is 49.9. The molecule has 2 unspecified atom stereocenters. The van der Waals surface area contributed by atoms with Crippen LogP contribution in [-0.4, -0.2) is 102 Å². The van der Waals surface area contributed by atoms with Gasteiger partial charge in [-0.15, -0.1) is 0 Å². The number of alkyl halides is 1. The van der Waals surface area contributed by atoms with E-state index in [1.807, 2.05) is 0 Å². The number of anilines is 2. The lowest BCUT2D eigenvalue weighted by molar-refractivity contribution is -0.161. The number of rotatable bonds is 8. The average molecular weight is 869 g/mol. The third-order valence-electron chi connectivity index (χ3n) is 9.18. The van der Waals surface area contributed by atoms with Crippen LogP contribution >= 0.6 is 15.4 Å². The predicted molar refractivity (Wildman–Crippen MR) is 200 cm³/mol. The first-order valence-corrected chi connectivity index (χ1v) is 21.2. The van der Waals surface area contributed by atoms with Crippen LogP contribution in [0.4, 0.5) is 16.0 Å². The highest BCUT2D eigenvalue weighted by molar-refractivity contribution is 7.57. The Morgan fingerprint density at radius 1 is 0.814 bits per heavy atom. The Morgan fingerprint density at radius 2 is 1.39 bits per heavy atom. The van der Waals surface area contributed by atoms with E-state index in [0.717, 1.165) is 18.2 Å². The minimum absolute atomic E-state index is 0.0110. The average Bonchev–Trinajstić information content (AvgIpc) is 3.95. The summed E-state index contributed by atoms with van der Waals surface area (Å²) in [5.74, 6) is -0.283. The zero-order valence-electron chi connectivity index (χ0n) is 32.6. The number of imidazole rings is 2. The maximum atomic E-state index is 16.8. The van der Waals surface area contributed by atoms with Crippen LogP contribution in [0.15, 0.2) is 37.2 Å². The fourth-order valence-corrected chi connectivity index (χ4v) is 8.69. The Hall–Kier alpha value is -4.51. The van der Waals surface area contributed by atoms with Crippen molar-refractivity contribution in [1.29, 1.82) is 0 Å². The fraction of sp³-hybridized carbons (Fsp3) is 0.576. The maximum Gasteiger partial charge on any atom is 0.478 e. The second kappa shape index (κ2) is 16.2. The number of phosphoric ester groups is 1. The second-order valence-corrected chi connectivity index (χ2v) is 19.1. The van der Waals surface area contributed by atoms with E-state index in [0.29, 0.717) is 5.65 Å². The largest absolute Gasteiger partial charge is 0.478 e. The predicted octanol–water partition coefficient (Wildman–Crippen LogP) is 4.10. The van der Waals surface area contributed by atoms with Crippen LogP contribution in [0, 0.1) is 10.8 Å². The van der Waals surface area contributed by atoms with Crippen LogP contribution in [0.3, 0.4) is 0 Å². The molecule has 0 radical (unpaired) electrons. The number of aromatic nitrogens is 8. The standard InChI is InChI=1S/C33H43FN10O13P2/c1-32(2,3)30(45)49-15-52-58(47)8-7-17-24(21(34)29(55-17)44-14-42-23-26(36)38-12-40-28(23)44)57-59(48,53-16-50-31(46)33(4,5)6)51-10-19-18(56-58)9-20(54-19)43-13-41-22-25(35)37-11-39-27(22)43/h7-8,11-14,17-21,24,29H,9-10,15-16H2,1-6H3,(H2,35,37,39)(H2,36,38,40)/b8-7-/t17-,18+,19-,20-,21-,24-,29-,58?,59?/m1/s1. The summed E-state index contributed by atoms with van der Waals surface area (Å²) in [6.45, 7) is 7.24. The number of carbonyl (C=O) groups is 2. The normalized spacial score (nSPS) is 30.9. The van der Waals surface area contributed by atoms with E-state index in [9.17, 15) is 18.7 Å². The van der Waals surface area contributed by atoms with Gasteiger partial charge in [0.2, 0.25) is 13.6 Å². The van der Waals surface area contributed by atoms with Crippen molar-refractivity contribution in [3.05, 3.63) is 37.2 Å². The molecule has 0 bridgehead atoms. The van der Waals surface area contributed by atoms with Crippen molar-refractivity contribution in [2.45, 2.75) is 91.0 Å². The molecule has 0 amide bonds. The van der Waals surface area contributed by atoms with Crippen molar-refractivity contribution < 1.29 is 64.7 Å². The number of esters is 2. The van der Waals surface area contributed by atoms with E-state index in [1.54, 1.807) is 41.5 Å². The maximum absolute atomic E-state index is 16.8. The SMILES string of the molecule is CC(C)(C)C(=O)OCOP1(=O)/C=C\[C@H]2O[C@@H](n3cnc4c(N)ncnc43)[C@H](F)[C@@H]2OP(=O)(OCOC(=O)C(C)(C)C)OC[C@H]2O[C@@H](n3cnc4c(N)ncnc43)C[C@@H]2O1. The minimum Gasteiger partial charge on any atom is -0.438 e. The van der Waals surface area contributed by atoms with E-state index in [1.165, 1.54) is 28.1 Å². The van der Waals surface area contributed by atoms with Crippen LogP contribution < -0.4 is 11.5 Å². The number of hydrogen-bond acceptors (Lipinski definition) is 21. The number of nitrogens with zero attached hydrogens (tertiary/aromatic N) is 8. The van der Waals surface area contributed by atoms with Gasteiger partial charge < -0.3 is 30.4 Å². The lowest BCUT2D eigenvalue weighted by Gasteiger charge is -2.28. The molecule has 0 aliphatic carbocycles. The van der Waals surface area contributed by atoms with E-state index in [2.05, 4.69) is 29.9 Å². The van der Waals surface area contributed by atoms with Crippen LogP contribution in [0.25, 0.3) is 22.3 Å². The Labute approximate surface area is 335 Å². The lowest BCUT2D eigenvalue weighted by Crippen LogP contribution is -2.33. The summed E-state index contributed by atoms with van der Waals surface area (Å²) < 4.78 is 100. The first-order chi connectivity index (χ1) is 27.8. The van der Waals surface area contributed by atoms with Crippen LogP contribution in [0.1, 0.15) is 60.4 Å². The lowest BCUT2D eigenvalue weighted by atomic mass is 9.98. The van der Waals surface area contributed by atoms with E-state index in [-0.39, 0.29) is 34.7 Å². The Kier molecular flexibility index (Phi) is 11.7. The molecule has 3 aliphatic heterocycles. The monoisotopic (exact) mass is 868 g/mol. The van der Waals surface area contributed by atoms with E-state index >= 15 is 4.39 Å². The topological polar surface area (TPSA) is 291 Å². The van der Waals surface area contributed by atoms with Gasteiger partial charge in [-0.3, -0.25) is 41.4 Å². The van der Waals surface area contributed by atoms with Gasteiger partial charge in [0.25, 0.3) is 0 Å². The summed E-state index contributed by atoms with van der Waals surface area (Å²) in [6, 6.07) is 0. The van der Waals surface area contributed by atoms with Gasteiger partial charge in [0.05, 0.1) is 30.1 Å². The second-order valence-electron chi connectivity index (χ2n) is 15.7. The molecule has 3 aliphatic rings. The van der Waals surface area contributed by atoms with Crippen molar-refractivity contribution in [1.82, 2.24) is 39.0 Å². The number of carbonyl (C=O) groups excluding carboxylic acids is 2. The van der Waals surface area contributed by atoms with Crippen molar-refractivity contribution in [3.63, 3.8) is 0 Å². The number of nitrogens with two attached hydrogens (primary N) is 2. The Balaban J connectivity index is 1.25.